The number of benzene rings is 2. The summed E-state index contributed by atoms with van der Waals surface area (Å²) < 4.78 is 38.5. The van der Waals surface area contributed by atoms with Gasteiger partial charge in [-0.2, -0.15) is 13.2 Å². The van der Waals surface area contributed by atoms with Gasteiger partial charge in [0.25, 0.3) is 5.91 Å². The molecule has 0 saturated heterocycles. The van der Waals surface area contributed by atoms with E-state index in [2.05, 4.69) is 10.9 Å². The summed E-state index contributed by atoms with van der Waals surface area (Å²) in [6.45, 7) is 0. The van der Waals surface area contributed by atoms with Gasteiger partial charge in [0.05, 0.1) is 26.9 Å². The van der Waals surface area contributed by atoms with Crippen LogP contribution in [0.1, 0.15) is 15.9 Å². The van der Waals surface area contributed by atoms with Crippen molar-refractivity contribution in [3.63, 3.8) is 0 Å². The number of carbonyl (C=O) groups is 1. The molecule has 1 amide bonds. The highest BCUT2D eigenvalue weighted by molar-refractivity contribution is 6.42. The molecular formula is C14H9Cl2F3N2O. The Hall–Kier alpha value is -1.92. The van der Waals surface area contributed by atoms with Crippen molar-refractivity contribution in [1.29, 1.82) is 0 Å². The summed E-state index contributed by atoms with van der Waals surface area (Å²) in [4.78, 5) is 11.9. The minimum absolute atomic E-state index is 0.247. The zero-order valence-electron chi connectivity index (χ0n) is 10.8. The minimum atomic E-state index is -4.61. The predicted molar refractivity (Wildman–Crippen MR) is 79.0 cm³/mol. The fraction of sp³-hybridized carbons (Fsp3) is 0.0714. The average Bonchev–Trinajstić information content (AvgIpc) is 2.47. The number of alkyl halides is 3. The Balaban J connectivity index is 2.15. The third-order valence-electron chi connectivity index (χ3n) is 2.72. The quantitative estimate of drug-likeness (QED) is 0.784. The van der Waals surface area contributed by atoms with Crippen LogP contribution in [-0.2, 0) is 6.18 Å². The third kappa shape index (κ3) is 3.84. The number of anilines is 1. The molecule has 0 aliphatic rings. The van der Waals surface area contributed by atoms with E-state index in [0.29, 0.717) is 10.7 Å². The van der Waals surface area contributed by atoms with E-state index < -0.39 is 23.2 Å². The molecule has 0 bridgehead atoms. The topological polar surface area (TPSA) is 41.1 Å². The molecule has 0 heterocycles. The summed E-state index contributed by atoms with van der Waals surface area (Å²) in [5.74, 6) is -0.918. The molecule has 3 nitrogen and oxygen atoms in total. The van der Waals surface area contributed by atoms with Crippen LogP contribution in [0, 0.1) is 0 Å². The number of hydrogen-bond acceptors (Lipinski definition) is 2. The highest BCUT2D eigenvalue weighted by atomic mass is 35.5. The van der Waals surface area contributed by atoms with Gasteiger partial charge in [-0.15, -0.1) is 0 Å². The molecule has 0 spiro atoms. The van der Waals surface area contributed by atoms with Crippen molar-refractivity contribution in [2.75, 3.05) is 5.43 Å². The molecule has 22 heavy (non-hydrogen) atoms. The first-order valence-electron chi connectivity index (χ1n) is 5.96. The van der Waals surface area contributed by atoms with Gasteiger partial charge in [-0.05, 0) is 30.3 Å². The van der Waals surface area contributed by atoms with Crippen LogP contribution in [0.25, 0.3) is 0 Å². The van der Waals surface area contributed by atoms with Crippen LogP contribution in [0.2, 0.25) is 10.0 Å². The molecule has 0 saturated carbocycles. The summed E-state index contributed by atoms with van der Waals surface area (Å²) in [5, 5.41) is 0.567. The van der Waals surface area contributed by atoms with E-state index >= 15 is 0 Å². The Bertz CT molecular complexity index is 705. The number of halogens is 5. The van der Waals surface area contributed by atoms with E-state index in [9.17, 15) is 18.0 Å². The van der Waals surface area contributed by atoms with E-state index in [1.54, 1.807) is 0 Å². The Morgan fingerprint density at radius 3 is 2.32 bits per heavy atom. The van der Waals surface area contributed by atoms with Gasteiger partial charge in [0.15, 0.2) is 0 Å². The number of hydrazine groups is 1. The smallest absolute Gasteiger partial charge is 0.298 e. The van der Waals surface area contributed by atoms with E-state index in [-0.39, 0.29) is 5.02 Å². The maximum Gasteiger partial charge on any atom is 0.417 e. The summed E-state index contributed by atoms with van der Waals surface area (Å²) in [5.41, 5.74) is 3.55. The second kappa shape index (κ2) is 6.46. The Labute approximate surface area is 134 Å². The molecule has 2 aromatic carbocycles. The monoisotopic (exact) mass is 348 g/mol. The molecular weight excluding hydrogens is 340 g/mol. The molecule has 0 radical (unpaired) electrons. The standard InChI is InChI=1S/C14H9Cl2F3N2O/c15-11-6-5-8(7-12(11)16)20-21-13(22)9-3-1-2-4-10(9)14(17,18)19/h1-7,20H,(H,21,22). The van der Waals surface area contributed by atoms with Crippen molar-refractivity contribution in [2.24, 2.45) is 0 Å². The summed E-state index contributed by atoms with van der Waals surface area (Å²) in [7, 11) is 0. The van der Waals surface area contributed by atoms with Gasteiger partial charge in [-0.25, -0.2) is 0 Å². The summed E-state index contributed by atoms with van der Waals surface area (Å²) in [6.07, 6.45) is -4.61. The molecule has 2 N–H and O–H groups in total. The van der Waals surface area contributed by atoms with Gasteiger partial charge in [0.2, 0.25) is 0 Å². The fourth-order valence-corrected chi connectivity index (χ4v) is 2.00. The third-order valence-corrected chi connectivity index (χ3v) is 3.46. The second-order valence-electron chi connectivity index (χ2n) is 4.25. The molecule has 0 aliphatic heterocycles. The lowest BCUT2D eigenvalue weighted by Gasteiger charge is -2.13. The van der Waals surface area contributed by atoms with Crippen molar-refractivity contribution in [3.8, 4) is 0 Å². The van der Waals surface area contributed by atoms with Gasteiger partial charge in [0, 0.05) is 0 Å². The van der Waals surface area contributed by atoms with Crippen LogP contribution >= 0.6 is 23.2 Å². The number of carbonyl (C=O) groups excluding carboxylic acids is 1. The molecule has 116 valence electrons. The second-order valence-corrected chi connectivity index (χ2v) is 5.07. The molecule has 0 atom stereocenters. The molecule has 2 aromatic rings. The van der Waals surface area contributed by atoms with Crippen LogP contribution in [0.15, 0.2) is 42.5 Å². The van der Waals surface area contributed by atoms with E-state index in [1.807, 2.05) is 0 Å². The van der Waals surface area contributed by atoms with E-state index in [1.165, 1.54) is 30.3 Å². The first-order chi connectivity index (χ1) is 10.3. The first-order valence-corrected chi connectivity index (χ1v) is 6.72. The van der Waals surface area contributed by atoms with Gasteiger partial charge < -0.3 is 0 Å². The van der Waals surface area contributed by atoms with E-state index in [0.717, 1.165) is 12.1 Å². The molecule has 0 aliphatic carbocycles. The van der Waals surface area contributed by atoms with E-state index in [4.69, 9.17) is 23.2 Å². The lowest BCUT2D eigenvalue weighted by Crippen LogP contribution is -2.31. The van der Waals surface area contributed by atoms with Gasteiger partial charge in [0.1, 0.15) is 0 Å². The number of hydrogen-bond donors (Lipinski definition) is 2. The fourth-order valence-electron chi connectivity index (χ4n) is 1.70. The number of rotatable bonds is 3. The zero-order chi connectivity index (χ0) is 16.3. The first kappa shape index (κ1) is 16.5. The van der Waals surface area contributed by atoms with Crippen molar-refractivity contribution < 1.29 is 18.0 Å². The van der Waals surface area contributed by atoms with Crippen LogP contribution in [0.5, 0.6) is 0 Å². The normalized spacial score (nSPS) is 11.1. The van der Waals surface area contributed by atoms with Gasteiger partial charge in [-0.1, -0.05) is 35.3 Å². The highest BCUT2D eigenvalue weighted by Gasteiger charge is 2.34. The molecule has 2 rings (SSSR count). The lowest BCUT2D eigenvalue weighted by atomic mass is 10.1. The largest absolute Gasteiger partial charge is 0.417 e. The predicted octanol–water partition coefficient (Wildman–Crippen LogP) is 4.77. The van der Waals surface area contributed by atoms with Crippen molar-refractivity contribution in [1.82, 2.24) is 5.43 Å². The average molecular weight is 349 g/mol. The van der Waals surface area contributed by atoms with Crippen LogP contribution < -0.4 is 10.9 Å². The highest BCUT2D eigenvalue weighted by Crippen LogP contribution is 2.31. The van der Waals surface area contributed by atoms with Crippen LogP contribution in [-0.4, -0.2) is 5.91 Å². The van der Waals surface area contributed by atoms with Gasteiger partial charge >= 0.3 is 6.18 Å². The maximum absolute atomic E-state index is 12.8. The maximum atomic E-state index is 12.8. The van der Waals surface area contributed by atoms with Crippen LogP contribution in [0.3, 0.4) is 0 Å². The van der Waals surface area contributed by atoms with Crippen LogP contribution in [0.4, 0.5) is 18.9 Å². The molecule has 0 aromatic heterocycles. The number of amides is 1. The summed E-state index contributed by atoms with van der Waals surface area (Å²) >= 11 is 11.5. The lowest BCUT2D eigenvalue weighted by molar-refractivity contribution is -0.137. The van der Waals surface area contributed by atoms with Gasteiger partial charge in [-0.3, -0.25) is 15.6 Å². The Kier molecular flexibility index (Phi) is 4.83. The summed E-state index contributed by atoms with van der Waals surface area (Å²) in [6, 6.07) is 8.93. The number of nitrogens with one attached hydrogen (secondary N) is 2. The Morgan fingerprint density at radius 1 is 1.00 bits per heavy atom. The van der Waals surface area contributed by atoms with Crippen molar-refractivity contribution in [2.45, 2.75) is 6.18 Å². The molecule has 0 unspecified atom stereocenters. The Morgan fingerprint density at radius 2 is 1.68 bits per heavy atom. The van der Waals surface area contributed by atoms with Crippen molar-refractivity contribution in [3.05, 3.63) is 63.6 Å². The SMILES string of the molecule is O=C(NNc1ccc(Cl)c(Cl)c1)c1ccccc1C(F)(F)F. The zero-order valence-corrected chi connectivity index (χ0v) is 12.4. The molecule has 8 heteroatoms. The van der Waals surface area contributed by atoms with Crippen molar-refractivity contribution >= 4 is 34.8 Å². The minimum Gasteiger partial charge on any atom is -0.298 e. The molecule has 0 fully saturated rings.